The van der Waals surface area contributed by atoms with Crippen molar-refractivity contribution in [2.24, 2.45) is 12.2 Å². The van der Waals surface area contributed by atoms with E-state index in [4.69, 9.17) is 28.0 Å². The average Bonchev–Trinajstić information content (AvgIpc) is 2.84. The van der Waals surface area contributed by atoms with Crippen LogP contribution in [0.1, 0.15) is 35.3 Å². The van der Waals surface area contributed by atoms with Crippen LogP contribution >= 0.6 is 23.2 Å². The zero-order chi connectivity index (χ0) is 17.1. The first kappa shape index (κ1) is 17.3. The van der Waals surface area contributed by atoms with Gasteiger partial charge < -0.3 is 9.94 Å². The van der Waals surface area contributed by atoms with Gasteiger partial charge in [0.1, 0.15) is 12.2 Å². The van der Waals surface area contributed by atoms with E-state index < -0.39 is 5.78 Å². The number of ketones is 1. The molecule has 0 saturated heterocycles. The molecule has 2 rings (SSSR count). The molecule has 1 heterocycles. The molecule has 0 bridgehead atoms. The molecule has 0 radical (unpaired) electrons. The SMILES string of the molecule is CCON=C(C)c1c(Cl)ccc(C(=O)c2cnn(C)c2O)c1Cl. The third-order valence-corrected chi connectivity index (χ3v) is 3.89. The Balaban J connectivity index is 2.53. The van der Waals surface area contributed by atoms with E-state index in [0.717, 1.165) is 0 Å². The molecule has 1 aromatic heterocycles. The van der Waals surface area contributed by atoms with Gasteiger partial charge in [-0.25, -0.2) is 4.68 Å². The molecule has 2 aromatic rings. The van der Waals surface area contributed by atoms with Crippen LogP contribution in [0.25, 0.3) is 0 Å². The number of oxime groups is 1. The first-order valence-electron chi connectivity index (χ1n) is 6.79. The summed E-state index contributed by atoms with van der Waals surface area (Å²) in [5.41, 5.74) is 1.12. The lowest BCUT2D eigenvalue weighted by atomic mass is 10.0. The molecular formula is C15H15Cl2N3O3. The van der Waals surface area contributed by atoms with Gasteiger partial charge in [0.15, 0.2) is 0 Å². The van der Waals surface area contributed by atoms with Gasteiger partial charge in [0.25, 0.3) is 0 Å². The van der Waals surface area contributed by atoms with Crippen molar-refractivity contribution in [1.82, 2.24) is 9.78 Å². The highest BCUT2D eigenvalue weighted by Gasteiger charge is 2.23. The summed E-state index contributed by atoms with van der Waals surface area (Å²) in [4.78, 5) is 17.6. The van der Waals surface area contributed by atoms with Crippen LogP contribution in [0.15, 0.2) is 23.5 Å². The van der Waals surface area contributed by atoms with Crippen molar-refractivity contribution in [2.75, 3.05) is 6.61 Å². The van der Waals surface area contributed by atoms with E-state index in [2.05, 4.69) is 10.3 Å². The molecule has 0 aliphatic heterocycles. The highest BCUT2D eigenvalue weighted by atomic mass is 35.5. The lowest BCUT2D eigenvalue weighted by Gasteiger charge is -2.10. The number of aromatic nitrogens is 2. The van der Waals surface area contributed by atoms with Gasteiger partial charge in [0, 0.05) is 18.2 Å². The van der Waals surface area contributed by atoms with Crippen LogP contribution in [0.2, 0.25) is 10.0 Å². The molecule has 0 saturated carbocycles. The standard InChI is InChI=1S/C15H15Cl2N3O3/c1-4-23-19-8(2)12-11(16)6-5-9(13(12)17)14(21)10-7-18-20(3)15(10)22/h5-7,22H,4H2,1-3H3. The molecule has 0 unspecified atom stereocenters. The minimum absolute atomic E-state index is 0.0575. The smallest absolute Gasteiger partial charge is 0.220 e. The van der Waals surface area contributed by atoms with E-state index in [1.54, 1.807) is 19.9 Å². The number of benzene rings is 1. The molecule has 8 heteroatoms. The second kappa shape index (κ2) is 7.02. The van der Waals surface area contributed by atoms with Gasteiger partial charge in [-0.15, -0.1) is 0 Å². The summed E-state index contributed by atoms with van der Waals surface area (Å²) >= 11 is 12.5. The van der Waals surface area contributed by atoms with Gasteiger partial charge in [-0.05, 0) is 26.0 Å². The molecule has 0 atom stereocenters. The van der Waals surface area contributed by atoms with Crippen LogP contribution in [-0.2, 0) is 11.9 Å². The number of aromatic hydroxyl groups is 1. The molecule has 1 aromatic carbocycles. The summed E-state index contributed by atoms with van der Waals surface area (Å²) in [7, 11) is 1.53. The second-order valence-electron chi connectivity index (χ2n) is 4.71. The maximum Gasteiger partial charge on any atom is 0.220 e. The van der Waals surface area contributed by atoms with Gasteiger partial charge >= 0.3 is 0 Å². The zero-order valence-electron chi connectivity index (χ0n) is 12.8. The Morgan fingerprint density at radius 1 is 1.39 bits per heavy atom. The fourth-order valence-electron chi connectivity index (χ4n) is 2.00. The third-order valence-electron chi connectivity index (χ3n) is 3.18. The van der Waals surface area contributed by atoms with Gasteiger partial charge in [-0.1, -0.05) is 28.4 Å². The van der Waals surface area contributed by atoms with Crippen LogP contribution in [-0.4, -0.2) is 33.0 Å². The van der Waals surface area contributed by atoms with Crippen LogP contribution in [0.3, 0.4) is 0 Å². The summed E-state index contributed by atoms with van der Waals surface area (Å²) in [6.07, 6.45) is 1.28. The molecular weight excluding hydrogens is 341 g/mol. The summed E-state index contributed by atoms with van der Waals surface area (Å²) in [6.45, 7) is 3.87. The topological polar surface area (TPSA) is 76.7 Å². The second-order valence-corrected chi connectivity index (χ2v) is 5.50. The average molecular weight is 356 g/mol. The Morgan fingerprint density at radius 2 is 2.09 bits per heavy atom. The predicted molar refractivity (Wildman–Crippen MR) is 88.6 cm³/mol. The van der Waals surface area contributed by atoms with Gasteiger partial charge in [-0.2, -0.15) is 5.10 Å². The summed E-state index contributed by atoms with van der Waals surface area (Å²) in [6, 6.07) is 3.05. The molecule has 0 aliphatic carbocycles. The van der Waals surface area contributed by atoms with Crippen molar-refractivity contribution in [3.05, 3.63) is 45.1 Å². The van der Waals surface area contributed by atoms with Crippen LogP contribution < -0.4 is 0 Å². The molecule has 0 amide bonds. The molecule has 0 spiro atoms. The van der Waals surface area contributed by atoms with Gasteiger partial charge in [0.2, 0.25) is 11.7 Å². The number of rotatable bonds is 5. The molecule has 0 aliphatic rings. The lowest BCUT2D eigenvalue weighted by molar-refractivity contribution is 0.103. The van der Waals surface area contributed by atoms with Gasteiger partial charge in [0.05, 0.1) is 22.0 Å². The Labute approximate surface area is 143 Å². The highest BCUT2D eigenvalue weighted by molar-refractivity contribution is 6.42. The molecule has 23 heavy (non-hydrogen) atoms. The summed E-state index contributed by atoms with van der Waals surface area (Å²) in [5, 5.41) is 18.1. The fraction of sp³-hybridized carbons (Fsp3) is 0.267. The minimum atomic E-state index is -0.456. The van der Waals surface area contributed by atoms with E-state index >= 15 is 0 Å². The Morgan fingerprint density at radius 3 is 2.65 bits per heavy atom. The van der Waals surface area contributed by atoms with E-state index in [1.165, 1.54) is 24.0 Å². The van der Waals surface area contributed by atoms with Crippen molar-refractivity contribution < 1.29 is 14.7 Å². The van der Waals surface area contributed by atoms with E-state index in [1.807, 2.05) is 0 Å². The number of carbonyl (C=O) groups is 1. The Kier molecular flexibility index (Phi) is 5.28. The molecule has 1 N–H and O–H groups in total. The first-order chi connectivity index (χ1) is 10.9. The maximum atomic E-state index is 12.6. The first-order valence-corrected chi connectivity index (χ1v) is 7.54. The van der Waals surface area contributed by atoms with Crippen molar-refractivity contribution in [3.63, 3.8) is 0 Å². The number of halogens is 2. The lowest BCUT2D eigenvalue weighted by Crippen LogP contribution is -2.07. The largest absolute Gasteiger partial charge is 0.493 e. The predicted octanol–water partition coefficient (Wildman–Crippen LogP) is 3.42. The highest BCUT2D eigenvalue weighted by Crippen LogP contribution is 2.31. The van der Waals surface area contributed by atoms with Crippen LogP contribution in [0.4, 0.5) is 0 Å². The Hall–Kier alpha value is -2.05. The van der Waals surface area contributed by atoms with Gasteiger partial charge in [-0.3, -0.25) is 4.79 Å². The van der Waals surface area contributed by atoms with Crippen molar-refractivity contribution in [1.29, 1.82) is 0 Å². The third kappa shape index (κ3) is 3.33. The molecule has 0 fully saturated rings. The number of hydrogen-bond donors (Lipinski definition) is 1. The number of carbonyl (C=O) groups excluding carboxylic acids is 1. The summed E-state index contributed by atoms with van der Waals surface area (Å²) < 4.78 is 1.19. The zero-order valence-corrected chi connectivity index (χ0v) is 14.3. The van der Waals surface area contributed by atoms with E-state index in [9.17, 15) is 9.90 Å². The van der Waals surface area contributed by atoms with Crippen LogP contribution in [0.5, 0.6) is 5.88 Å². The van der Waals surface area contributed by atoms with E-state index in [0.29, 0.717) is 22.9 Å². The quantitative estimate of drug-likeness (QED) is 0.506. The fourth-order valence-corrected chi connectivity index (χ4v) is 2.73. The summed E-state index contributed by atoms with van der Waals surface area (Å²) in [5.74, 6) is -0.690. The number of hydrogen-bond acceptors (Lipinski definition) is 5. The minimum Gasteiger partial charge on any atom is -0.493 e. The van der Waals surface area contributed by atoms with E-state index in [-0.39, 0.29) is 22.0 Å². The number of nitrogens with zero attached hydrogens (tertiary/aromatic N) is 3. The normalized spacial score (nSPS) is 11.6. The number of aryl methyl sites for hydroxylation is 1. The molecule has 6 nitrogen and oxygen atoms in total. The Bertz CT molecular complexity index is 785. The van der Waals surface area contributed by atoms with Crippen LogP contribution in [0, 0.1) is 0 Å². The van der Waals surface area contributed by atoms with Crippen molar-refractivity contribution in [3.8, 4) is 5.88 Å². The maximum absolute atomic E-state index is 12.6. The van der Waals surface area contributed by atoms with Crippen molar-refractivity contribution >= 4 is 34.7 Å². The van der Waals surface area contributed by atoms with Crippen molar-refractivity contribution in [2.45, 2.75) is 13.8 Å². The molecule has 122 valence electrons. The monoisotopic (exact) mass is 355 g/mol.